The summed E-state index contributed by atoms with van der Waals surface area (Å²) in [5.41, 5.74) is 11.0. The molecule has 5 heteroatoms. The standard InChI is InChI=1S/C6H9ClN2S.ClH/c7-4-1-2-10-6(4)5(9)3-8;/h1-2,5H,3,8-9H2;1H/t5-;/m1./s1. The summed E-state index contributed by atoms with van der Waals surface area (Å²) in [6.07, 6.45) is 0. The second kappa shape index (κ2) is 4.95. The summed E-state index contributed by atoms with van der Waals surface area (Å²) in [7, 11) is 0. The van der Waals surface area contributed by atoms with E-state index in [1.165, 1.54) is 0 Å². The Bertz CT molecular complexity index is 214. The maximum atomic E-state index is 5.79. The van der Waals surface area contributed by atoms with E-state index in [0.717, 1.165) is 9.90 Å². The lowest BCUT2D eigenvalue weighted by Gasteiger charge is -2.04. The van der Waals surface area contributed by atoms with Gasteiger partial charge in [-0.3, -0.25) is 0 Å². The van der Waals surface area contributed by atoms with Crippen molar-refractivity contribution in [2.45, 2.75) is 6.04 Å². The van der Waals surface area contributed by atoms with E-state index in [1.54, 1.807) is 11.3 Å². The zero-order chi connectivity index (χ0) is 7.56. The second-order valence-electron chi connectivity index (χ2n) is 1.97. The minimum Gasteiger partial charge on any atom is -0.329 e. The van der Waals surface area contributed by atoms with E-state index in [9.17, 15) is 0 Å². The Hall–Kier alpha value is 0.200. The largest absolute Gasteiger partial charge is 0.329 e. The van der Waals surface area contributed by atoms with E-state index in [0.29, 0.717) is 6.54 Å². The molecule has 0 aliphatic rings. The Labute approximate surface area is 80.9 Å². The van der Waals surface area contributed by atoms with Crippen LogP contribution < -0.4 is 11.5 Å². The molecule has 0 aliphatic heterocycles. The average Bonchev–Trinajstić information content (AvgIpc) is 2.34. The van der Waals surface area contributed by atoms with Crippen LogP contribution in [0.15, 0.2) is 11.4 Å². The lowest BCUT2D eigenvalue weighted by atomic mass is 10.2. The molecule has 4 N–H and O–H groups in total. The number of halogens is 2. The van der Waals surface area contributed by atoms with E-state index in [4.69, 9.17) is 23.1 Å². The fourth-order valence-electron chi connectivity index (χ4n) is 0.677. The molecule has 1 rings (SSSR count). The number of nitrogens with two attached hydrogens (primary N) is 2. The van der Waals surface area contributed by atoms with Gasteiger partial charge in [0.05, 0.1) is 11.1 Å². The molecule has 0 saturated carbocycles. The van der Waals surface area contributed by atoms with E-state index in [-0.39, 0.29) is 18.4 Å². The Morgan fingerprint density at radius 1 is 1.64 bits per heavy atom. The van der Waals surface area contributed by atoms with Crippen molar-refractivity contribution in [3.8, 4) is 0 Å². The Kier molecular flexibility index (Phi) is 5.04. The summed E-state index contributed by atoms with van der Waals surface area (Å²) >= 11 is 7.33. The van der Waals surface area contributed by atoms with Crippen LogP contribution >= 0.6 is 35.3 Å². The maximum absolute atomic E-state index is 5.79. The third-order valence-electron chi connectivity index (χ3n) is 1.24. The molecule has 1 heterocycles. The van der Waals surface area contributed by atoms with Crippen LogP contribution in [0.3, 0.4) is 0 Å². The van der Waals surface area contributed by atoms with Gasteiger partial charge in [0.15, 0.2) is 0 Å². The third kappa shape index (κ3) is 2.61. The van der Waals surface area contributed by atoms with Gasteiger partial charge in [0, 0.05) is 11.4 Å². The highest BCUT2D eigenvalue weighted by Gasteiger charge is 2.08. The van der Waals surface area contributed by atoms with E-state index in [2.05, 4.69) is 0 Å². The van der Waals surface area contributed by atoms with Crippen molar-refractivity contribution in [1.29, 1.82) is 0 Å². The van der Waals surface area contributed by atoms with E-state index >= 15 is 0 Å². The molecule has 0 fully saturated rings. The zero-order valence-corrected chi connectivity index (χ0v) is 8.18. The molecular formula is C6H10Cl2N2S. The van der Waals surface area contributed by atoms with Crippen LogP contribution in [0.5, 0.6) is 0 Å². The van der Waals surface area contributed by atoms with Gasteiger partial charge in [-0.1, -0.05) is 11.6 Å². The highest BCUT2D eigenvalue weighted by molar-refractivity contribution is 7.10. The van der Waals surface area contributed by atoms with Gasteiger partial charge in [0.2, 0.25) is 0 Å². The normalized spacial score (nSPS) is 12.3. The smallest absolute Gasteiger partial charge is 0.0561 e. The van der Waals surface area contributed by atoms with Gasteiger partial charge in [-0.15, -0.1) is 23.7 Å². The van der Waals surface area contributed by atoms with Gasteiger partial charge in [-0.05, 0) is 11.4 Å². The van der Waals surface area contributed by atoms with Crippen LogP contribution in [-0.2, 0) is 0 Å². The van der Waals surface area contributed by atoms with Crippen LogP contribution in [0.2, 0.25) is 5.02 Å². The summed E-state index contributed by atoms with van der Waals surface area (Å²) < 4.78 is 0. The van der Waals surface area contributed by atoms with Crippen LogP contribution in [0.1, 0.15) is 10.9 Å². The van der Waals surface area contributed by atoms with Gasteiger partial charge in [0.1, 0.15) is 0 Å². The van der Waals surface area contributed by atoms with Gasteiger partial charge in [0.25, 0.3) is 0 Å². The molecule has 11 heavy (non-hydrogen) atoms. The van der Waals surface area contributed by atoms with Crippen molar-refractivity contribution in [1.82, 2.24) is 0 Å². The van der Waals surface area contributed by atoms with Crippen molar-refractivity contribution in [3.05, 3.63) is 21.3 Å². The van der Waals surface area contributed by atoms with Crippen molar-refractivity contribution < 1.29 is 0 Å². The minimum atomic E-state index is -0.104. The Morgan fingerprint density at radius 3 is 2.64 bits per heavy atom. The molecular weight excluding hydrogens is 203 g/mol. The molecule has 0 unspecified atom stereocenters. The summed E-state index contributed by atoms with van der Waals surface area (Å²) in [4.78, 5) is 0.976. The number of thiophene rings is 1. The SMILES string of the molecule is Cl.NC[C@@H](N)c1sccc1Cl. The molecule has 0 bridgehead atoms. The highest BCUT2D eigenvalue weighted by atomic mass is 35.5. The molecule has 0 aromatic carbocycles. The summed E-state index contributed by atoms with van der Waals surface area (Å²) in [6, 6.07) is 1.73. The van der Waals surface area contributed by atoms with Gasteiger partial charge >= 0.3 is 0 Å². The lowest BCUT2D eigenvalue weighted by molar-refractivity contribution is 0.752. The first-order valence-electron chi connectivity index (χ1n) is 2.94. The van der Waals surface area contributed by atoms with Crippen molar-refractivity contribution in [3.63, 3.8) is 0 Å². The molecule has 0 radical (unpaired) electrons. The van der Waals surface area contributed by atoms with Crippen molar-refractivity contribution in [2.24, 2.45) is 11.5 Å². The third-order valence-corrected chi connectivity index (χ3v) is 2.73. The van der Waals surface area contributed by atoms with Gasteiger partial charge in [-0.2, -0.15) is 0 Å². The fourth-order valence-corrected chi connectivity index (χ4v) is 1.89. The Morgan fingerprint density at radius 2 is 2.27 bits per heavy atom. The monoisotopic (exact) mass is 212 g/mol. The van der Waals surface area contributed by atoms with E-state index in [1.807, 2.05) is 11.4 Å². The van der Waals surface area contributed by atoms with Crippen molar-refractivity contribution >= 4 is 35.3 Å². The molecule has 1 aromatic rings. The molecule has 64 valence electrons. The summed E-state index contributed by atoms with van der Waals surface area (Å²) in [5, 5.41) is 2.63. The molecule has 1 atom stereocenters. The summed E-state index contributed by atoms with van der Waals surface area (Å²) in [5.74, 6) is 0. The fraction of sp³-hybridized carbons (Fsp3) is 0.333. The highest BCUT2D eigenvalue weighted by Crippen LogP contribution is 2.26. The molecule has 0 saturated heterocycles. The average molecular weight is 213 g/mol. The molecule has 0 spiro atoms. The van der Waals surface area contributed by atoms with Crippen molar-refractivity contribution in [2.75, 3.05) is 6.54 Å². The first-order valence-corrected chi connectivity index (χ1v) is 4.20. The molecule has 1 aromatic heterocycles. The quantitative estimate of drug-likeness (QED) is 0.786. The van der Waals surface area contributed by atoms with E-state index < -0.39 is 0 Å². The number of hydrogen-bond donors (Lipinski definition) is 2. The first kappa shape index (κ1) is 11.2. The number of hydrogen-bond acceptors (Lipinski definition) is 3. The zero-order valence-electron chi connectivity index (χ0n) is 5.79. The van der Waals surface area contributed by atoms with Gasteiger partial charge in [-0.25, -0.2) is 0 Å². The van der Waals surface area contributed by atoms with Crippen LogP contribution in [0.25, 0.3) is 0 Å². The van der Waals surface area contributed by atoms with Crippen LogP contribution in [0, 0.1) is 0 Å². The molecule has 2 nitrogen and oxygen atoms in total. The van der Waals surface area contributed by atoms with Gasteiger partial charge < -0.3 is 11.5 Å². The molecule has 0 aliphatic carbocycles. The topological polar surface area (TPSA) is 52.0 Å². The Balaban J connectivity index is 0.000001000. The predicted molar refractivity (Wildman–Crippen MR) is 52.6 cm³/mol. The van der Waals surface area contributed by atoms with Crippen LogP contribution in [0.4, 0.5) is 0 Å². The maximum Gasteiger partial charge on any atom is 0.0561 e. The first-order chi connectivity index (χ1) is 4.75. The predicted octanol–water partition coefficient (Wildman–Crippen LogP) is 1.78. The minimum absolute atomic E-state index is 0. The number of rotatable bonds is 2. The molecule has 0 amide bonds. The second-order valence-corrected chi connectivity index (χ2v) is 3.33. The van der Waals surface area contributed by atoms with Crippen LogP contribution in [-0.4, -0.2) is 6.54 Å². The summed E-state index contributed by atoms with van der Waals surface area (Å²) in [6.45, 7) is 0.445. The lowest BCUT2D eigenvalue weighted by Crippen LogP contribution is -2.19.